The van der Waals surface area contributed by atoms with E-state index < -0.39 is 0 Å². The van der Waals surface area contributed by atoms with Crippen LogP contribution < -0.4 is 0 Å². The summed E-state index contributed by atoms with van der Waals surface area (Å²) in [6, 6.07) is 0. The largest absolute Gasteiger partial charge is 0.303 e. The summed E-state index contributed by atoms with van der Waals surface area (Å²) in [7, 11) is 0. The van der Waals surface area contributed by atoms with E-state index in [9.17, 15) is 4.79 Å². The van der Waals surface area contributed by atoms with Gasteiger partial charge in [0.2, 0.25) is 0 Å². The van der Waals surface area contributed by atoms with Gasteiger partial charge in [-0.25, -0.2) is 0 Å². The van der Waals surface area contributed by atoms with E-state index in [1.54, 1.807) is 0 Å². The van der Waals surface area contributed by atoms with Crippen LogP contribution in [-0.4, -0.2) is 6.29 Å². The van der Waals surface area contributed by atoms with E-state index >= 15 is 0 Å². The van der Waals surface area contributed by atoms with E-state index in [-0.39, 0.29) is 5.92 Å². The molecule has 0 heterocycles. The van der Waals surface area contributed by atoms with Crippen molar-refractivity contribution in [3.05, 3.63) is 0 Å². The molecule has 0 N–H and O–H groups in total. The fraction of sp³-hybridized carbons (Fsp3) is 0.917. The first kappa shape index (κ1) is 12.7. The minimum absolute atomic E-state index is 0.243. The molecular formula is C12H24O. The number of rotatable bonds is 7. The lowest BCUT2D eigenvalue weighted by Gasteiger charge is -2.15. The quantitative estimate of drug-likeness (QED) is 0.552. The van der Waals surface area contributed by atoms with Gasteiger partial charge in [0.05, 0.1) is 0 Å². The SMILES string of the molecule is CCC(C)CC[C@@H](C)CC(C)C=O. The Kier molecular flexibility index (Phi) is 6.93. The standard InChI is InChI=1S/C12H24O/c1-5-10(2)6-7-11(3)8-12(4)9-13/h9-12H,5-8H2,1-4H3/t10?,11-,12?/m1/s1. The van der Waals surface area contributed by atoms with Crippen LogP contribution in [0.15, 0.2) is 0 Å². The van der Waals surface area contributed by atoms with Crippen molar-refractivity contribution in [3.63, 3.8) is 0 Å². The minimum atomic E-state index is 0.243. The van der Waals surface area contributed by atoms with Crippen molar-refractivity contribution in [2.45, 2.75) is 53.4 Å². The zero-order valence-electron chi connectivity index (χ0n) is 9.55. The molecule has 0 spiro atoms. The van der Waals surface area contributed by atoms with Crippen molar-refractivity contribution in [2.24, 2.45) is 17.8 Å². The highest BCUT2D eigenvalue weighted by Gasteiger charge is 2.09. The first-order valence-corrected chi connectivity index (χ1v) is 5.55. The van der Waals surface area contributed by atoms with Crippen LogP contribution in [0.2, 0.25) is 0 Å². The molecule has 2 unspecified atom stereocenters. The van der Waals surface area contributed by atoms with E-state index in [0.717, 1.165) is 18.6 Å². The van der Waals surface area contributed by atoms with Crippen LogP contribution in [0.1, 0.15) is 53.4 Å². The Balaban J connectivity index is 3.50. The van der Waals surface area contributed by atoms with Gasteiger partial charge >= 0.3 is 0 Å². The summed E-state index contributed by atoms with van der Waals surface area (Å²) in [6.45, 7) is 8.80. The third-order valence-electron chi connectivity index (χ3n) is 2.86. The van der Waals surface area contributed by atoms with Crippen LogP contribution in [0.5, 0.6) is 0 Å². The molecule has 0 aliphatic carbocycles. The average Bonchev–Trinajstić information content (AvgIpc) is 2.13. The van der Waals surface area contributed by atoms with Gasteiger partial charge < -0.3 is 4.79 Å². The number of hydrogen-bond donors (Lipinski definition) is 0. The molecule has 0 aromatic rings. The van der Waals surface area contributed by atoms with Gasteiger partial charge in [-0.05, 0) is 18.3 Å². The normalized spacial score (nSPS) is 17.8. The van der Waals surface area contributed by atoms with Crippen molar-refractivity contribution < 1.29 is 4.79 Å². The predicted molar refractivity (Wildman–Crippen MR) is 57.7 cm³/mol. The van der Waals surface area contributed by atoms with Crippen LogP contribution in [0.4, 0.5) is 0 Å². The predicted octanol–water partition coefficient (Wildman–Crippen LogP) is 3.67. The van der Waals surface area contributed by atoms with Crippen LogP contribution in [-0.2, 0) is 4.79 Å². The molecule has 13 heavy (non-hydrogen) atoms. The van der Waals surface area contributed by atoms with Crippen molar-refractivity contribution in [1.82, 2.24) is 0 Å². The molecule has 78 valence electrons. The number of aldehydes is 1. The van der Waals surface area contributed by atoms with E-state index in [1.165, 1.54) is 19.3 Å². The summed E-state index contributed by atoms with van der Waals surface area (Å²) in [5.74, 6) is 1.79. The topological polar surface area (TPSA) is 17.1 Å². The fourth-order valence-electron chi connectivity index (χ4n) is 1.58. The van der Waals surface area contributed by atoms with Crippen molar-refractivity contribution in [3.8, 4) is 0 Å². The van der Waals surface area contributed by atoms with E-state index in [0.29, 0.717) is 5.92 Å². The zero-order valence-corrected chi connectivity index (χ0v) is 9.55. The number of hydrogen-bond acceptors (Lipinski definition) is 1. The van der Waals surface area contributed by atoms with Crippen LogP contribution in [0, 0.1) is 17.8 Å². The highest BCUT2D eigenvalue weighted by Crippen LogP contribution is 2.19. The molecular weight excluding hydrogens is 160 g/mol. The first-order valence-electron chi connectivity index (χ1n) is 5.55. The maximum atomic E-state index is 10.4. The summed E-state index contributed by atoms with van der Waals surface area (Å²) in [4.78, 5) is 10.4. The van der Waals surface area contributed by atoms with Gasteiger partial charge in [-0.3, -0.25) is 0 Å². The maximum Gasteiger partial charge on any atom is 0.122 e. The highest BCUT2D eigenvalue weighted by molar-refractivity contribution is 5.52. The highest BCUT2D eigenvalue weighted by atomic mass is 16.1. The second kappa shape index (κ2) is 7.11. The smallest absolute Gasteiger partial charge is 0.122 e. The fourth-order valence-corrected chi connectivity index (χ4v) is 1.58. The van der Waals surface area contributed by atoms with Crippen molar-refractivity contribution in [2.75, 3.05) is 0 Å². The summed E-state index contributed by atoms with van der Waals surface area (Å²) in [6.07, 6.45) is 5.98. The molecule has 0 saturated carbocycles. The van der Waals surface area contributed by atoms with Gasteiger partial charge in [-0.2, -0.15) is 0 Å². The van der Waals surface area contributed by atoms with Crippen molar-refractivity contribution in [1.29, 1.82) is 0 Å². The molecule has 1 heteroatoms. The molecule has 0 amide bonds. The first-order chi connectivity index (χ1) is 6.10. The molecule has 3 atom stereocenters. The Hall–Kier alpha value is -0.330. The van der Waals surface area contributed by atoms with Gasteiger partial charge in [-0.15, -0.1) is 0 Å². The lowest BCUT2D eigenvalue weighted by Crippen LogP contribution is -2.05. The molecule has 0 bridgehead atoms. The molecule has 0 fully saturated rings. The van der Waals surface area contributed by atoms with Crippen LogP contribution in [0.25, 0.3) is 0 Å². The molecule has 0 aromatic heterocycles. The molecule has 0 radical (unpaired) electrons. The number of carbonyl (C=O) groups is 1. The van der Waals surface area contributed by atoms with E-state index in [2.05, 4.69) is 20.8 Å². The van der Waals surface area contributed by atoms with Gasteiger partial charge in [0.25, 0.3) is 0 Å². The van der Waals surface area contributed by atoms with Crippen molar-refractivity contribution >= 4 is 6.29 Å². The summed E-state index contributed by atoms with van der Waals surface area (Å²) in [5, 5.41) is 0. The third-order valence-corrected chi connectivity index (χ3v) is 2.86. The van der Waals surface area contributed by atoms with Gasteiger partial charge in [0, 0.05) is 5.92 Å². The second-order valence-electron chi connectivity index (χ2n) is 4.55. The van der Waals surface area contributed by atoms with Gasteiger partial charge in [0.1, 0.15) is 6.29 Å². The summed E-state index contributed by atoms with van der Waals surface area (Å²) < 4.78 is 0. The minimum Gasteiger partial charge on any atom is -0.303 e. The summed E-state index contributed by atoms with van der Waals surface area (Å²) >= 11 is 0. The van der Waals surface area contributed by atoms with Crippen LogP contribution >= 0.6 is 0 Å². The monoisotopic (exact) mass is 184 g/mol. The molecule has 0 saturated heterocycles. The Morgan fingerprint density at radius 2 is 1.62 bits per heavy atom. The second-order valence-corrected chi connectivity index (χ2v) is 4.55. The van der Waals surface area contributed by atoms with E-state index in [4.69, 9.17) is 0 Å². The molecule has 1 nitrogen and oxygen atoms in total. The molecule has 0 aliphatic rings. The average molecular weight is 184 g/mol. The maximum absolute atomic E-state index is 10.4. The number of carbonyl (C=O) groups excluding carboxylic acids is 1. The lowest BCUT2D eigenvalue weighted by molar-refractivity contribution is -0.111. The van der Waals surface area contributed by atoms with E-state index in [1.807, 2.05) is 6.92 Å². The Bertz CT molecular complexity index is 131. The zero-order chi connectivity index (χ0) is 10.3. The lowest BCUT2D eigenvalue weighted by atomic mass is 9.90. The molecule has 0 aromatic carbocycles. The Morgan fingerprint density at radius 1 is 1.08 bits per heavy atom. The Labute approximate surface area is 82.9 Å². The molecule has 0 aliphatic heterocycles. The Morgan fingerprint density at radius 3 is 2.08 bits per heavy atom. The molecule has 0 rings (SSSR count). The third kappa shape index (κ3) is 6.80. The van der Waals surface area contributed by atoms with Gasteiger partial charge in [-0.1, -0.05) is 47.0 Å². The van der Waals surface area contributed by atoms with Crippen LogP contribution in [0.3, 0.4) is 0 Å². The summed E-state index contributed by atoms with van der Waals surface area (Å²) in [5.41, 5.74) is 0. The van der Waals surface area contributed by atoms with Gasteiger partial charge in [0.15, 0.2) is 0 Å².